The summed E-state index contributed by atoms with van der Waals surface area (Å²) in [6, 6.07) is 2.05. The van der Waals surface area contributed by atoms with Crippen LogP contribution in [0.2, 0.25) is 0 Å². The predicted molar refractivity (Wildman–Crippen MR) is 54.8 cm³/mol. The Morgan fingerprint density at radius 1 is 1.69 bits per heavy atom. The zero-order valence-electron chi connectivity index (χ0n) is 8.51. The fourth-order valence-electron chi connectivity index (χ4n) is 0.992. The summed E-state index contributed by atoms with van der Waals surface area (Å²) in [6.45, 7) is 5.76. The van der Waals surface area contributed by atoms with Gasteiger partial charge < -0.3 is 11.1 Å². The van der Waals surface area contributed by atoms with Crippen LogP contribution in [-0.4, -0.2) is 13.1 Å². The fourth-order valence-corrected chi connectivity index (χ4v) is 0.992. The van der Waals surface area contributed by atoms with E-state index in [0.29, 0.717) is 12.5 Å². The topological polar surface area (TPSA) is 61.8 Å². The molecule has 0 amide bonds. The number of nitrogens with one attached hydrogen (secondary N) is 1. The Kier molecular flexibility index (Phi) is 7.04. The average Bonchev–Trinajstić information content (AvgIpc) is 2.16. The molecule has 0 radical (unpaired) electrons. The number of nitriles is 1. The molecule has 0 aliphatic rings. The Bertz CT molecular complexity index is 191. The molecule has 0 aromatic carbocycles. The molecule has 0 spiro atoms. The van der Waals surface area contributed by atoms with Crippen molar-refractivity contribution in [2.45, 2.75) is 26.7 Å². The number of allylic oxidation sites excluding steroid dienone is 2. The van der Waals surface area contributed by atoms with Crippen LogP contribution in [0.15, 0.2) is 11.8 Å². The molecule has 0 fully saturated rings. The molecule has 0 bridgehead atoms. The van der Waals surface area contributed by atoms with Crippen LogP contribution in [0.3, 0.4) is 0 Å². The second kappa shape index (κ2) is 7.63. The second-order valence-corrected chi connectivity index (χ2v) is 3.11. The molecule has 3 nitrogen and oxygen atoms in total. The molecule has 0 saturated heterocycles. The highest BCUT2D eigenvalue weighted by Crippen LogP contribution is 2.10. The Morgan fingerprint density at radius 3 is 2.85 bits per heavy atom. The van der Waals surface area contributed by atoms with Gasteiger partial charge in [0.25, 0.3) is 0 Å². The molecule has 0 aromatic rings. The molecular weight excluding hydrogens is 162 g/mol. The van der Waals surface area contributed by atoms with Gasteiger partial charge in [0.2, 0.25) is 0 Å². The van der Waals surface area contributed by atoms with Gasteiger partial charge in [-0.05, 0) is 25.3 Å². The van der Waals surface area contributed by atoms with Crippen LogP contribution in [0.5, 0.6) is 0 Å². The van der Waals surface area contributed by atoms with Gasteiger partial charge in [0.05, 0.1) is 6.07 Å². The third kappa shape index (κ3) is 5.26. The summed E-state index contributed by atoms with van der Waals surface area (Å²) < 4.78 is 0. The highest BCUT2D eigenvalue weighted by Gasteiger charge is 2.04. The molecule has 13 heavy (non-hydrogen) atoms. The molecule has 0 aliphatic heterocycles. The van der Waals surface area contributed by atoms with Gasteiger partial charge in [0.15, 0.2) is 0 Å². The predicted octanol–water partition coefficient (Wildman–Crippen LogP) is 1.38. The van der Waals surface area contributed by atoms with Crippen LogP contribution < -0.4 is 11.1 Å². The molecule has 0 rings (SSSR count). The normalized spacial score (nSPS) is 13.5. The molecule has 0 aliphatic carbocycles. The summed E-state index contributed by atoms with van der Waals surface area (Å²) in [4.78, 5) is 0. The standard InChI is InChI=1S/C10H19N3/c1-3-9(2)10(5-7-12)13-8-4-6-11/h5,9,13H,3-4,6,8,11H2,1-2H3. The smallest absolute Gasteiger partial charge is 0.0930 e. The van der Waals surface area contributed by atoms with Crippen molar-refractivity contribution < 1.29 is 0 Å². The summed E-state index contributed by atoms with van der Waals surface area (Å²) in [5.41, 5.74) is 6.40. The van der Waals surface area contributed by atoms with Crippen molar-refractivity contribution in [3.8, 4) is 6.07 Å². The molecule has 1 atom stereocenters. The molecule has 1 unspecified atom stereocenters. The van der Waals surface area contributed by atoms with Crippen molar-refractivity contribution in [1.82, 2.24) is 5.32 Å². The minimum Gasteiger partial charge on any atom is -0.388 e. The highest BCUT2D eigenvalue weighted by atomic mass is 14.9. The van der Waals surface area contributed by atoms with E-state index < -0.39 is 0 Å². The zero-order valence-corrected chi connectivity index (χ0v) is 8.51. The van der Waals surface area contributed by atoms with Gasteiger partial charge in [-0.1, -0.05) is 13.8 Å². The average molecular weight is 181 g/mol. The van der Waals surface area contributed by atoms with Gasteiger partial charge in [-0.2, -0.15) is 5.26 Å². The van der Waals surface area contributed by atoms with Gasteiger partial charge in [0, 0.05) is 18.3 Å². The van der Waals surface area contributed by atoms with E-state index in [0.717, 1.165) is 25.1 Å². The van der Waals surface area contributed by atoms with Crippen LogP contribution in [-0.2, 0) is 0 Å². The molecule has 0 heterocycles. The molecule has 74 valence electrons. The summed E-state index contributed by atoms with van der Waals surface area (Å²) in [6.07, 6.45) is 3.58. The molecular formula is C10H19N3. The second-order valence-electron chi connectivity index (χ2n) is 3.11. The molecule has 0 saturated carbocycles. The van der Waals surface area contributed by atoms with Crippen LogP contribution in [0.4, 0.5) is 0 Å². The maximum atomic E-state index is 8.55. The van der Waals surface area contributed by atoms with Crippen molar-refractivity contribution in [1.29, 1.82) is 5.26 Å². The first kappa shape index (κ1) is 12.0. The zero-order chi connectivity index (χ0) is 10.1. The molecule has 0 aromatic heterocycles. The van der Waals surface area contributed by atoms with Crippen LogP contribution >= 0.6 is 0 Å². The van der Waals surface area contributed by atoms with Gasteiger partial charge in [0.1, 0.15) is 0 Å². The van der Waals surface area contributed by atoms with Crippen molar-refractivity contribution >= 4 is 0 Å². The van der Waals surface area contributed by atoms with Crippen molar-refractivity contribution in [2.24, 2.45) is 11.7 Å². The van der Waals surface area contributed by atoms with Crippen molar-refractivity contribution in [2.75, 3.05) is 13.1 Å². The first-order chi connectivity index (χ1) is 6.26. The number of hydrogen-bond donors (Lipinski definition) is 2. The van der Waals surface area contributed by atoms with E-state index in [-0.39, 0.29) is 0 Å². The van der Waals surface area contributed by atoms with Gasteiger partial charge in [-0.25, -0.2) is 0 Å². The number of hydrogen-bond acceptors (Lipinski definition) is 3. The van der Waals surface area contributed by atoms with Crippen molar-refractivity contribution in [3.05, 3.63) is 11.8 Å². The first-order valence-corrected chi connectivity index (χ1v) is 4.79. The van der Waals surface area contributed by atoms with E-state index >= 15 is 0 Å². The largest absolute Gasteiger partial charge is 0.388 e. The number of nitrogens with two attached hydrogens (primary N) is 1. The van der Waals surface area contributed by atoms with Crippen LogP contribution in [0, 0.1) is 17.2 Å². The van der Waals surface area contributed by atoms with E-state index in [9.17, 15) is 0 Å². The van der Waals surface area contributed by atoms with Crippen LogP contribution in [0.25, 0.3) is 0 Å². The summed E-state index contributed by atoms with van der Waals surface area (Å²) >= 11 is 0. The number of rotatable bonds is 6. The third-order valence-corrected chi connectivity index (χ3v) is 2.07. The van der Waals surface area contributed by atoms with E-state index in [2.05, 4.69) is 25.2 Å². The monoisotopic (exact) mass is 181 g/mol. The summed E-state index contributed by atoms with van der Waals surface area (Å²) in [5.74, 6) is 0.428. The highest BCUT2D eigenvalue weighted by molar-refractivity contribution is 5.13. The van der Waals surface area contributed by atoms with E-state index in [1.807, 2.05) is 0 Å². The summed E-state index contributed by atoms with van der Waals surface area (Å²) in [5, 5.41) is 11.8. The van der Waals surface area contributed by atoms with Gasteiger partial charge in [-0.15, -0.1) is 0 Å². The lowest BCUT2D eigenvalue weighted by Crippen LogP contribution is -2.21. The number of nitrogens with zero attached hydrogens (tertiary/aromatic N) is 1. The van der Waals surface area contributed by atoms with Gasteiger partial charge in [-0.3, -0.25) is 0 Å². The van der Waals surface area contributed by atoms with E-state index in [1.165, 1.54) is 0 Å². The van der Waals surface area contributed by atoms with E-state index in [4.69, 9.17) is 11.0 Å². The third-order valence-electron chi connectivity index (χ3n) is 2.07. The summed E-state index contributed by atoms with van der Waals surface area (Å²) in [7, 11) is 0. The lowest BCUT2D eigenvalue weighted by atomic mass is 10.0. The minimum atomic E-state index is 0.428. The van der Waals surface area contributed by atoms with E-state index in [1.54, 1.807) is 6.08 Å². The minimum absolute atomic E-state index is 0.428. The maximum absolute atomic E-state index is 8.55. The lowest BCUT2D eigenvalue weighted by molar-refractivity contribution is 0.580. The first-order valence-electron chi connectivity index (χ1n) is 4.79. The lowest BCUT2D eigenvalue weighted by Gasteiger charge is -2.14. The maximum Gasteiger partial charge on any atom is 0.0930 e. The van der Waals surface area contributed by atoms with Crippen molar-refractivity contribution in [3.63, 3.8) is 0 Å². The Labute approximate surface area is 80.6 Å². The molecule has 3 heteroatoms. The fraction of sp³-hybridized carbons (Fsp3) is 0.700. The Morgan fingerprint density at radius 2 is 2.38 bits per heavy atom. The SMILES string of the molecule is CCC(C)C(=CC#N)NCCCN. The Hall–Kier alpha value is -1.01. The molecule has 3 N–H and O–H groups in total. The van der Waals surface area contributed by atoms with Crippen LogP contribution in [0.1, 0.15) is 26.7 Å². The Balaban J connectivity index is 3.97. The quantitative estimate of drug-likeness (QED) is 0.480. The van der Waals surface area contributed by atoms with Gasteiger partial charge >= 0.3 is 0 Å².